The standard InChI is InChI=1S/C20H21N3O2S/c1-14(18(24)22(2)13-15-9-5-4-6-10-15)26-20-21-17-12-8-7-11-16(17)19(25)23(20)3/h4-12,14H,13H2,1-3H3. The van der Waals surface area contributed by atoms with Crippen LogP contribution in [0.2, 0.25) is 0 Å². The predicted octanol–water partition coefficient (Wildman–Crippen LogP) is 3.07. The maximum absolute atomic E-state index is 12.7. The van der Waals surface area contributed by atoms with E-state index in [4.69, 9.17) is 0 Å². The monoisotopic (exact) mass is 367 g/mol. The van der Waals surface area contributed by atoms with Crippen molar-refractivity contribution in [2.24, 2.45) is 7.05 Å². The van der Waals surface area contributed by atoms with Gasteiger partial charge < -0.3 is 4.90 Å². The lowest BCUT2D eigenvalue weighted by Crippen LogP contribution is -2.33. The van der Waals surface area contributed by atoms with E-state index in [2.05, 4.69) is 4.98 Å². The van der Waals surface area contributed by atoms with Crippen molar-refractivity contribution in [3.8, 4) is 0 Å². The van der Waals surface area contributed by atoms with E-state index in [1.54, 1.807) is 25.1 Å². The average Bonchev–Trinajstić information content (AvgIpc) is 2.66. The molecule has 0 aliphatic rings. The largest absolute Gasteiger partial charge is 0.340 e. The van der Waals surface area contributed by atoms with Crippen molar-refractivity contribution in [2.75, 3.05) is 7.05 Å². The summed E-state index contributed by atoms with van der Waals surface area (Å²) in [6, 6.07) is 17.1. The maximum Gasteiger partial charge on any atom is 0.261 e. The number of fused-ring (bicyclic) bond motifs is 1. The van der Waals surface area contributed by atoms with E-state index in [-0.39, 0.29) is 16.7 Å². The Balaban J connectivity index is 1.78. The Bertz CT molecular complexity index is 985. The van der Waals surface area contributed by atoms with Gasteiger partial charge in [0.15, 0.2) is 5.16 Å². The van der Waals surface area contributed by atoms with Crippen LogP contribution in [0.25, 0.3) is 10.9 Å². The number of rotatable bonds is 5. The van der Waals surface area contributed by atoms with Crippen LogP contribution in [0.4, 0.5) is 0 Å². The van der Waals surface area contributed by atoms with Crippen molar-refractivity contribution in [1.82, 2.24) is 14.5 Å². The molecule has 0 radical (unpaired) electrons. The van der Waals surface area contributed by atoms with Crippen molar-refractivity contribution in [1.29, 1.82) is 0 Å². The zero-order valence-electron chi connectivity index (χ0n) is 15.0. The van der Waals surface area contributed by atoms with Gasteiger partial charge >= 0.3 is 0 Å². The fourth-order valence-corrected chi connectivity index (χ4v) is 3.75. The van der Waals surface area contributed by atoms with Gasteiger partial charge in [-0.1, -0.05) is 54.2 Å². The molecule has 134 valence electrons. The molecule has 5 nitrogen and oxygen atoms in total. The highest BCUT2D eigenvalue weighted by molar-refractivity contribution is 8.00. The highest BCUT2D eigenvalue weighted by Crippen LogP contribution is 2.23. The molecular weight excluding hydrogens is 346 g/mol. The Morgan fingerprint density at radius 3 is 2.54 bits per heavy atom. The number of para-hydroxylation sites is 1. The predicted molar refractivity (Wildman–Crippen MR) is 105 cm³/mol. The number of carbonyl (C=O) groups is 1. The Kier molecular flexibility index (Phi) is 5.42. The Hall–Kier alpha value is -2.60. The zero-order valence-corrected chi connectivity index (χ0v) is 15.9. The molecular formula is C20H21N3O2S. The van der Waals surface area contributed by atoms with Crippen molar-refractivity contribution in [3.63, 3.8) is 0 Å². The van der Waals surface area contributed by atoms with E-state index < -0.39 is 0 Å². The smallest absolute Gasteiger partial charge is 0.261 e. The molecule has 1 heterocycles. The molecule has 3 rings (SSSR count). The van der Waals surface area contributed by atoms with E-state index in [1.807, 2.05) is 55.5 Å². The van der Waals surface area contributed by atoms with E-state index in [0.717, 1.165) is 5.56 Å². The molecule has 1 atom stereocenters. The van der Waals surface area contributed by atoms with Gasteiger partial charge in [-0.05, 0) is 24.6 Å². The lowest BCUT2D eigenvalue weighted by Gasteiger charge is -2.21. The summed E-state index contributed by atoms with van der Waals surface area (Å²) in [7, 11) is 3.48. The van der Waals surface area contributed by atoms with Crippen molar-refractivity contribution >= 4 is 28.6 Å². The summed E-state index contributed by atoms with van der Waals surface area (Å²) in [6.07, 6.45) is 0. The van der Waals surface area contributed by atoms with Crippen LogP contribution in [-0.2, 0) is 18.4 Å². The first kappa shape index (κ1) is 18.2. The van der Waals surface area contributed by atoms with Crippen LogP contribution in [0.3, 0.4) is 0 Å². The molecule has 0 N–H and O–H groups in total. The quantitative estimate of drug-likeness (QED) is 0.514. The van der Waals surface area contributed by atoms with Gasteiger partial charge in [0.1, 0.15) is 0 Å². The van der Waals surface area contributed by atoms with Gasteiger partial charge in [-0.25, -0.2) is 4.98 Å². The molecule has 3 aromatic rings. The van der Waals surface area contributed by atoms with Gasteiger partial charge in [0.2, 0.25) is 5.91 Å². The Morgan fingerprint density at radius 2 is 1.81 bits per heavy atom. The second kappa shape index (κ2) is 7.74. The van der Waals surface area contributed by atoms with Crippen LogP contribution >= 0.6 is 11.8 Å². The van der Waals surface area contributed by atoms with Crippen LogP contribution in [0, 0.1) is 0 Å². The number of hydrogen-bond donors (Lipinski definition) is 0. The minimum Gasteiger partial charge on any atom is -0.340 e. The number of aromatic nitrogens is 2. The average molecular weight is 367 g/mol. The molecule has 0 bridgehead atoms. The van der Waals surface area contributed by atoms with Crippen LogP contribution in [0.1, 0.15) is 12.5 Å². The van der Waals surface area contributed by atoms with Gasteiger partial charge in [-0.3, -0.25) is 14.2 Å². The van der Waals surface area contributed by atoms with Gasteiger partial charge in [0.25, 0.3) is 5.56 Å². The van der Waals surface area contributed by atoms with Crippen LogP contribution in [0.15, 0.2) is 64.5 Å². The molecule has 0 saturated carbocycles. The molecule has 0 aliphatic carbocycles. The Morgan fingerprint density at radius 1 is 1.15 bits per heavy atom. The summed E-state index contributed by atoms with van der Waals surface area (Å²) in [5.74, 6) is 0.00117. The summed E-state index contributed by atoms with van der Waals surface area (Å²) in [5.41, 5.74) is 1.63. The van der Waals surface area contributed by atoms with Crippen molar-refractivity contribution in [3.05, 3.63) is 70.5 Å². The lowest BCUT2D eigenvalue weighted by atomic mass is 10.2. The third-order valence-electron chi connectivity index (χ3n) is 4.21. The fraction of sp³-hybridized carbons (Fsp3) is 0.250. The Labute approximate surface area is 156 Å². The van der Waals surface area contributed by atoms with E-state index in [9.17, 15) is 9.59 Å². The van der Waals surface area contributed by atoms with E-state index >= 15 is 0 Å². The molecule has 0 aliphatic heterocycles. The molecule has 1 amide bonds. The minimum atomic E-state index is -0.344. The number of hydrogen-bond acceptors (Lipinski definition) is 4. The zero-order chi connectivity index (χ0) is 18.7. The minimum absolute atomic E-state index is 0.00117. The molecule has 6 heteroatoms. The molecule has 1 unspecified atom stereocenters. The van der Waals surface area contributed by atoms with Crippen LogP contribution < -0.4 is 5.56 Å². The first-order chi connectivity index (χ1) is 12.5. The van der Waals surface area contributed by atoms with Gasteiger partial charge in [0.05, 0.1) is 16.2 Å². The third kappa shape index (κ3) is 3.80. The second-order valence-corrected chi connectivity index (χ2v) is 7.52. The lowest BCUT2D eigenvalue weighted by molar-refractivity contribution is -0.129. The highest BCUT2D eigenvalue weighted by Gasteiger charge is 2.21. The number of nitrogens with zero attached hydrogens (tertiary/aromatic N) is 3. The van der Waals surface area contributed by atoms with Gasteiger partial charge in [-0.15, -0.1) is 0 Å². The van der Waals surface area contributed by atoms with Crippen molar-refractivity contribution in [2.45, 2.75) is 23.9 Å². The summed E-state index contributed by atoms with van der Waals surface area (Å²) in [5, 5.41) is 0.783. The normalized spacial score (nSPS) is 12.1. The highest BCUT2D eigenvalue weighted by atomic mass is 32.2. The summed E-state index contributed by atoms with van der Waals surface area (Å²) < 4.78 is 1.51. The molecule has 2 aromatic carbocycles. The molecule has 0 saturated heterocycles. The SMILES string of the molecule is CC(Sc1nc2ccccc2c(=O)n1C)C(=O)N(C)Cc1ccccc1. The summed E-state index contributed by atoms with van der Waals surface area (Å²) in [4.78, 5) is 31.4. The number of thioether (sulfide) groups is 1. The number of benzene rings is 2. The molecule has 1 aromatic heterocycles. The fourth-order valence-electron chi connectivity index (χ4n) is 2.76. The first-order valence-corrected chi connectivity index (χ1v) is 9.26. The third-order valence-corrected chi connectivity index (χ3v) is 5.34. The summed E-state index contributed by atoms with van der Waals surface area (Å²) in [6.45, 7) is 2.39. The van der Waals surface area contributed by atoms with E-state index in [1.165, 1.54) is 16.3 Å². The van der Waals surface area contributed by atoms with Gasteiger partial charge in [-0.2, -0.15) is 0 Å². The molecule has 0 spiro atoms. The van der Waals surface area contributed by atoms with E-state index in [0.29, 0.717) is 22.6 Å². The topological polar surface area (TPSA) is 55.2 Å². The number of amides is 1. The maximum atomic E-state index is 12.7. The molecule has 0 fully saturated rings. The first-order valence-electron chi connectivity index (χ1n) is 8.38. The summed E-state index contributed by atoms with van der Waals surface area (Å²) >= 11 is 1.31. The van der Waals surface area contributed by atoms with Crippen LogP contribution in [-0.4, -0.2) is 32.7 Å². The van der Waals surface area contributed by atoms with Crippen LogP contribution in [0.5, 0.6) is 0 Å². The van der Waals surface area contributed by atoms with Crippen molar-refractivity contribution < 1.29 is 4.79 Å². The second-order valence-electron chi connectivity index (χ2n) is 6.22. The number of carbonyl (C=O) groups excluding carboxylic acids is 1. The van der Waals surface area contributed by atoms with Gasteiger partial charge in [0, 0.05) is 20.6 Å². The molecule has 26 heavy (non-hydrogen) atoms.